The maximum Gasteiger partial charge on any atom is 0.347 e. The second-order valence-corrected chi connectivity index (χ2v) is 5.37. The lowest BCUT2D eigenvalue weighted by molar-refractivity contribution is -0.116. The average Bonchev–Trinajstić information content (AvgIpc) is 2.97. The van der Waals surface area contributed by atoms with Crippen LogP contribution in [0.5, 0.6) is 0 Å². The molecule has 0 aliphatic carbocycles. The zero-order chi connectivity index (χ0) is 16.9. The fraction of sp³-hybridized carbons (Fsp3) is 0.167. The van der Waals surface area contributed by atoms with Crippen molar-refractivity contribution in [2.45, 2.75) is 13.3 Å². The first-order chi connectivity index (χ1) is 11.7. The van der Waals surface area contributed by atoms with Gasteiger partial charge in [0.25, 0.3) is 0 Å². The molecular weight excluding hydrogens is 304 g/mol. The summed E-state index contributed by atoms with van der Waals surface area (Å²) in [6.45, 7) is 1.97. The van der Waals surface area contributed by atoms with Crippen LogP contribution in [-0.4, -0.2) is 27.2 Å². The number of anilines is 1. The molecule has 122 valence electrons. The Kier molecular flexibility index (Phi) is 4.56. The van der Waals surface area contributed by atoms with Gasteiger partial charge in [-0.1, -0.05) is 36.4 Å². The minimum Gasteiger partial charge on any atom is -0.312 e. The molecule has 2 aromatic carbocycles. The number of amides is 1. The van der Waals surface area contributed by atoms with Gasteiger partial charge in [0.2, 0.25) is 5.91 Å². The van der Waals surface area contributed by atoms with Crippen molar-refractivity contribution in [2.75, 3.05) is 11.4 Å². The van der Waals surface area contributed by atoms with Crippen molar-refractivity contribution in [3.8, 4) is 5.69 Å². The molecule has 3 aromatic rings. The van der Waals surface area contributed by atoms with Crippen molar-refractivity contribution in [1.29, 1.82) is 0 Å². The molecule has 1 aromatic heterocycles. The van der Waals surface area contributed by atoms with Gasteiger partial charge in [-0.3, -0.25) is 4.79 Å². The molecule has 1 amide bonds. The minimum absolute atomic E-state index is 0.0506. The number of carbonyl (C=O) groups is 1. The van der Waals surface area contributed by atoms with Gasteiger partial charge in [-0.15, -0.1) is 0 Å². The number of para-hydroxylation sites is 2. The van der Waals surface area contributed by atoms with Gasteiger partial charge in [0.05, 0.1) is 5.69 Å². The van der Waals surface area contributed by atoms with Crippen LogP contribution in [0.1, 0.15) is 12.7 Å². The molecule has 6 heteroatoms. The predicted octanol–water partition coefficient (Wildman–Crippen LogP) is 2.16. The Hall–Kier alpha value is -3.15. The second kappa shape index (κ2) is 6.95. The van der Waals surface area contributed by atoms with E-state index in [1.807, 2.05) is 60.7 Å². The number of aromatic amines is 1. The van der Waals surface area contributed by atoms with E-state index in [0.717, 1.165) is 11.4 Å². The Labute approximate surface area is 139 Å². The Morgan fingerprint density at radius 1 is 1.08 bits per heavy atom. The third kappa shape index (κ3) is 3.27. The van der Waals surface area contributed by atoms with E-state index < -0.39 is 0 Å². The molecule has 6 nitrogen and oxygen atoms in total. The van der Waals surface area contributed by atoms with Crippen LogP contribution in [-0.2, 0) is 11.2 Å². The highest BCUT2D eigenvalue weighted by molar-refractivity contribution is 5.91. The third-order valence-electron chi connectivity index (χ3n) is 3.76. The Morgan fingerprint density at radius 3 is 2.33 bits per heavy atom. The number of rotatable bonds is 5. The summed E-state index contributed by atoms with van der Waals surface area (Å²) in [5, 5.41) is 6.59. The summed E-state index contributed by atoms with van der Waals surface area (Å²) in [5.41, 5.74) is 1.29. The molecule has 0 atom stereocenters. The molecular formula is C18H18N4O2. The van der Waals surface area contributed by atoms with Gasteiger partial charge in [0.15, 0.2) is 0 Å². The van der Waals surface area contributed by atoms with Crippen LogP contribution < -0.4 is 10.6 Å². The summed E-state index contributed by atoms with van der Waals surface area (Å²) in [5.74, 6) is 0.540. The maximum absolute atomic E-state index is 12.1. The fourth-order valence-electron chi connectivity index (χ4n) is 2.63. The number of hydrogen-bond acceptors (Lipinski definition) is 3. The number of nitrogens with zero attached hydrogens (tertiary/aromatic N) is 3. The van der Waals surface area contributed by atoms with Gasteiger partial charge in [-0.05, 0) is 24.3 Å². The van der Waals surface area contributed by atoms with E-state index in [0.29, 0.717) is 18.8 Å². The fourth-order valence-corrected chi connectivity index (χ4v) is 2.63. The SMILES string of the molecule is CC(=O)N(CCc1n[nH]c(=O)n1-c1ccccc1)c1ccccc1. The zero-order valence-electron chi connectivity index (χ0n) is 13.3. The molecule has 1 heterocycles. The molecule has 3 rings (SSSR count). The predicted molar refractivity (Wildman–Crippen MR) is 92.4 cm³/mol. The first kappa shape index (κ1) is 15.7. The standard InChI is InChI=1S/C18H18N4O2/c1-14(23)21(15-8-4-2-5-9-15)13-12-17-19-20-18(24)22(17)16-10-6-3-7-11-16/h2-11H,12-13H2,1H3,(H,20,24). The van der Waals surface area contributed by atoms with Crippen LogP contribution in [0.2, 0.25) is 0 Å². The number of hydrogen-bond donors (Lipinski definition) is 1. The summed E-state index contributed by atoms with van der Waals surface area (Å²) in [6, 6.07) is 18.8. The summed E-state index contributed by atoms with van der Waals surface area (Å²) in [4.78, 5) is 25.7. The van der Waals surface area contributed by atoms with Gasteiger partial charge in [-0.2, -0.15) is 5.10 Å². The van der Waals surface area contributed by atoms with E-state index >= 15 is 0 Å². The maximum atomic E-state index is 12.1. The molecule has 1 N–H and O–H groups in total. The smallest absolute Gasteiger partial charge is 0.312 e. The van der Waals surface area contributed by atoms with E-state index in [-0.39, 0.29) is 11.6 Å². The summed E-state index contributed by atoms with van der Waals surface area (Å²) in [6.07, 6.45) is 0.460. The van der Waals surface area contributed by atoms with Crippen LogP contribution in [0, 0.1) is 0 Å². The second-order valence-electron chi connectivity index (χ2n) is 5.37. The van der Waals surface area contributed by atoms with Crippen molar-refractivity contribution >= 4 is 11.6 Å². The number of H-pyrrole nitrogens is 1. The van der Waals surface area contributed by atoms with Crippen LogP contribution in [0.15, 0.2) is 65.5 Å². The largest absolute Gasteiger partial charge is 0.347 e. The highest BCUT2D eigenvalue weighted by Gasteiger charge is 2.15. The number of nitrogens with one attached hydrogen (secondary N) is 1. The normalized spacial score (nSPS) is 10.5. The molecule has 0 saturated heterocycles. The lowest BCUT2D eigenvalue weighted by Crippen LogP contribution is -2.31. The molecule has 0 fully saturated rings. The lowest BCUT2D eigenvalue weighted by atomic mass is 10.2. The Balaban J connectivity index is 1.85. The molecule has 0 spiro atoms. The molecule has 24 heavy (non-hydrogen) atoms. The van der Waals surface area contributed by atoms with E-state index in [1.165, 1.54) is 11.5 Å². The Bertz CT molecular complexity index is 869. The van der Waals surface area contributed by atoms with Gasteiger partial charge in [0.1, 0.15) is 5.82 Å². The number of carbonyl (C=O) groups excluding carboxylic acids is 1. The van der Waals surface area contributed by atoms with Crippen LogP contribution in [0.25, 0.3) is 5.69 Å². The van der Waals surface area contributed by atoms with E-state index in [1.54, 1.807) is 4.90 Å². The average molecular weight is 322 g/mol. The molecule has 0 radical (unpaired) electrons. The topological polar surface area (TPSA) is 71.0 Å². The highest BCUT2D eigenvalue weighted by Crippen LogP contribution is 2.14. The molecule has 0 bridgehead atoms. The monoisotopic (exact) mass is 322 g/mol. The summed E-state index contributed by atoms with van der Waals surface area (Å²) < 4.78 is 1.53. The van der Waals surface area contributed by atoms with E-state index in [9.17, 15) is 9.59 Å². The van der Waals surface area contributed by atoms with Crippen molar-refractivity contribution in [2.24, 2.45) is 0 Å². The van der Waals surface area contributed by atoms with Gasteiger partial charge < -0.3 is 4.90 Å². The van der Waals surface area contributed by atoms with E-state index in [2.05, 4.69) is 10.2 Å². The van der Waals surface area contributed by atoms with Crippen LogP contribution in [0.4, 0.5) is 5.69 Å². The van der Waals surface area contributed by atoms with Gasteiger partial charge >= 0.3 is 5.69 Å². The van der Waals surface area contributed by atoms with Crippen LogP contribution in [0.3, 0.4) is 0 Å². The van der Waals surface area contributed by atoms with Crippen molar-refractivity contribution in [3.05, 3.63) is 77.0 Å². The number of aromatic nitrogens is 3. The highest BCUT2D eigenvalue weighted by atomic mass is 16.2. The van der Waals surface area contributed by atoms with Crippen LogP contribution >= 0.6 is 0 Å². The Morgan fingerprint density at radius 2 is 1.71 bits per heavy atom. The lowest BCUT2D eigenvalue weighted by Gasteiger charge is -2.21. The summed E-state index contributed by atoms with van der Waals surface area (Å²) >= 11 is 0. The molecule has 0 unspecified atom stereocenters. The zero-order valence-corrected chi connectivity index (χ0v) is 13.3. The first-order valence-electron chi connectivity index (χ1n) is 7.71. The van der Waals surface area contributed by atoms with Gasteiger partial charge in [0, 0.05) is 25.6 Å². The molecule has 0 aliphatic heterocycles. The quantitative estimate of drug-likeness (QED) is 0.782. The molecule has 0 saturated carbocycles. The van der Waals surface area contributed by atoms with E-state index in [4.69, 9.17) is 0 Å². The van der Waals surface area contributed by atoms with Crippen molar-refractivity contribution < 1.29 is 4.79 Å². The number of benzene rings is 2. The molecule has 0 aliphatic rings. The van der Waals surface area contributed by atoms with Crippen molar-refractivity contribution in [3.63, 3.8) is 0 Å². The summed E-state index contributed by atoms with van der Waals surface area (Å²) in [7, 11) is 0. The minimum atomic E-state index is -0.287. The third-order valence-corrected chi connectivity index (χ3v) is 3.76. The van der Waals surface area contributed by atoms with Crippen molar-refractivity contribution in [1.82, 2.24) is 14.8 Å². The first-order valence-corrected chi connectivity index (χ1v) is 7.71. The van der Waals surface area contributed by atoms with Gasteiger partial charge in [-0.25, -0.2) is 14.5 Å².